The molecule has 0 atom stereocenters. The highest BCUT2D eigenvalue weighted by Gasteiger charge is 2.17. The molecule has 13 heteroatoms. The number of anilines is 1. The van der Waals surface area contributed by atoms with Crippen molar-refractivity contribution in [3.8, 4) is 11.8 Å². The second kappa shape index (κ2) is 7.82. The summed E-state index contributed by atoms with van der Waals surface area (Å²) in [5.74, 6) is -0.718. The zero-order chi connectivity index (χ0) is 20.2. The van der Waals surface area contributed by atoms with Crippen molar-refractivity contribution in [2.75, 3.05) is 17.8 Å². The summed E-state index contributed by atoms with van der Waals surface area (Å²) in [5.41, 5.74) is 0.166. The highest BCUT2D eigenvalue weighted by molar-refractivity contribution is 7.90. The fourth-order valence-corrected chi connectivity index (χ4v) is 3.59. The number of hydrogen-bond acceptors (Lipinski definition) is 10. The van der Waals surface area contributed by atoms with E-state index in [1.54, 1.807) is 6.07 Å². The lowest BCUT2D eigenvalue weighted by molar-refractivity contribution is -0.112. The molecular weight excluding hydrogens is 416 g/mol. The summed E-state index contributed by atoms with van der Waals surface area (Å²) >= 11 is 0.664. The number of benzene rings is 1. The predicted molar refractivity (Wildman–Crippen MR) is 97.2 cm³/mol. The molecule has 1 aromatic heterocycles. The van der Waals surface area contributed by atoms with Crippen LogP contribution in [0.1, 0.15) is 5.56 Å². The molecule has 1 heterocycles. The number of carbonyl (C=O) groups excluding carboxylic acids is 1. The first kappa shape index (κ1) is 20.5. The van der Waals surface area contributed by atoms with E-state index in [-0.39, 0.29) is 16.5 Å². The molecule has 2 rings (SSSR count). The molecule has 0 bridgehead atoms. The molecule has 0 aliphatic heterocycles. The Morgan fingerprint density at radius 3 is 2.33 bits per heavy atom. The molecule has 142 valence electrons. The van der Waals surface area contributed by atoms with Crippen LogP contribution in [-0.2, 0) is 24.7 Å². The van der Waals surface area contributed by atoms with Crippen molar-refractivity contribution in [2.45, 2.75) is 5.16 Å². The molecule has 27 heavy (non-hydrogen) atoms. The Hall–Kier alpha value is -2.82. The Morgan fingerprint density at radius 2 is 1.85 bits per heavy atom. The minimum Gasteiger partial charge on any atom is -0.383 e. The molecule has 0 aliphatic rings. The molecule has 0 fully saturated rings. The topological polar surface area (TPSA) is 156 Å². The Bertz CT molecular complexity index is 1140. The van der Waals surface area contributed by atoms with Crippen LogP contribution in [0, 0.1) is 11.3 Å². The number of sulfone groups is 1. The molecular formula is C14H12N4O6S3. The van der Waals surface area contributed by atoms with Crippen LogP contribution in [0.2, 0.25) is 0 Å². The van der Waals surface area contributed by atoms with Gasteiger partial charge < -0.3 is 4.18 Å². The smallest absolute Gasteiger partial charge is 0.306 e. The van der Waals surface area contributed by atoms with Crippen molar-refractivity contribution in [3.05, 3.63) is 35.4 Å². The summed E-state index contributed by atoms with van der Waals surface area (Å²) in [6, 6.07) is 7.36. The Labute approximate surface area is 159 Å². The normalized spacial score (nSPS) is 12.3. The van der Waals surface area contributed by atoms with Crippen LogP contribution in [0.5, 0.6) is 5.75 Å². The SMILES string of the molecule is CS(=O)(=O)Oc1ccc(C=C(C#N)C(=O)Nc2nc(S(C)(=O)=O)ns2)cc1. The summed E-state index contributed by atoms with van der Waals surface area (Å²) in [6.45, 7) is 0. The highest BCUT2D eigenvalue weighted by atomic mass is 32.2. The van der Waals surface area contributed by atoms with Gasteiger partial charge in [-0.05, 0) is 23.8 Å². The quantitative estimate of drug-likeness (QED) is 0.400. The van der Waals surface area contributed by atoms with E-state index in [0.29, 0.717) is 17.1 Å². The van der Waals surface area contributed by atoms with Gasteiger partial charge in [-0.15, -0.1) is 0 Å². The van der Waals surface area contributed by atoms with Crippen molar-refractivity contribution in [3.63, 3.8) is 0 Å². The second-order valence-corrected chi connectivity index (χ2v) is 9.37. The first-order chi connectivity index (χ1) is 12.5. The molecule has 10 nitrogen and oxygen atoms in total. The summed E-state index contributed by atoms with van der Waals surface area (Å²) < 4.78 is 53.1. The monoisotopic (exact) mass is 428 g/mol. The summed E-state index contributed by atoms with van der Waals surface area (Å²) in [4.78, 5) is 15.8. The van der Waals surface area contributed by atoms with Crippen molar-refractivity contribution >= 4 is 48.6 Å². The average Bonchev–Trinajstić information content (AvgIpc) is 3.01. The van der Waals surface area contributed by atoms with E-state index in [2.05, 4.69) is 18.9 Å². The van der Waals surface area contributed by atoms with E-state index in [0.717, 1.165) is 12.5 Å². The molecule has 0 aliphatic carbocycles. The largest absolute Gasteiger partial charge is 0.383 e. The van der Waals surface area contributed by atoms with Crippen molar-refractivity contribution < 1.29 is 25.8 Å². The first-order valence-electron chi connectivity index (χ1n) is 6.94. The molecule has 0 radical (unpaired) electrons. The molecule has 1 N–H and O–H groups in total. The van der Waals surface area contributed by atoms with Crippen LogP contribution in [0.25, 0.3) is 6.08 Å². The molecule has 1 amide bonds. The molecule has 0 spiro atoms. The van der Waals surface area contributed by atoms with Gasteiger partial charge in [-0.3, -0.25) is 10.1 Å². The van der Waals surface area contributed by atoms with Crippen molar-refractivity contribution in [1.29, 1.82) is 5.26 Å². The van der Waals surface area contributed by atoms with Gasteiger partial charge in [0.2, 0.25) is 15.0 Å². The zero-order valence-electron chi connectivity index (χ0n) is 13.9. The van der Waals surface area contributed by atoms with E-state index < -0.39 is 31.0 Å². The number of hydrogen-bond donors (Lipinski definition) is 1. The van der Waals surface area contributed by atoms with Crippen LogP contribution in [-0.4, -0.2) is 44.6 Å². The standard InChI is InChI=1S/C14H12N4O6S3/c1-26(20,21)14-17-13(25-18-14)16-12(19)10(8-15)7-9-3-5-11(6-4-9)24-27(2,22)23/h3-7H,1-2H3,(H,16,17,18,19). The Balaban J connectivity index is 2.17. The van der Waals surface area contributed by atoms with E-state index in [9.17, 15) is 21.6 Å². The van der Waals surface area contributed by atoms with E-state index in [4.69, 9.17) is 5.26 Å². The van der Waals surface area contributed by atoms with Crippen molar-refractivity contribution in [1.82, 2.24) is 9.36 Å². The number of aromatic nitrogens is 2. The fraction of sp³-hybridized carbons (Fsp3) is 0.143. The lowest BCUT2D eigenvalue weighted by Crippen LogP contribution is -2.13. The number of rotatable bonds is 6. The van der Waals surface area contributed by atoms with Crippen LogP contribution >= 0.6 is 11.5 Å². The molecule has 0 saturated carbocycles. The summed E-state index contributed by atoms with van der Waals surface area (Å²) in [7, 11) is -7.27. The van der Waals surface area contributed by atoms with Crippen molar-refractivity contribution in [2.24, 2.45) is 0 Å². The van der Waals surface area contributed by atoms with E-state index in [1.807, 2.05) is 0 Å². The lowest BCUT2D eigenvalue weighted by atomic mass is 10.1. The third-order valence-electron chi connectivity index (χ3n) is 2.76. The van der Waals surface area contributed by atoms with Crippen LogP contribution < -0.4 is 9.50 Å². The first-order valence-corrected chi connectivity index (χ1v) is 11.4. The lowest BCUT2D eigenvalue weighted by Gasteiger charge is -2.03. The maximum atomic E-state index is 12.1. The third-order valence-corrected chi connectivity index (χ3v) is 4.85. The summed E-state index contributed by atoms with van der Waals surface area (Å²) in [6.07, 6.45) is 3.10. The van der Waals surface area contributed by atoms with Crippen LogP contribution in [0.4, 0.5) is 5.13 Å². The van der Waals surface area contributed by atoms with Crippen LogP contribution in [0.15, 0.2) is 35.0 Å². The molecule has 2 aromatic rings. The summed E-state index contributed by atoms with van der Waals surface area (Å²) in [5, 5.41) is 11.0. The maximum Gasteiger partial charge on any atom is 0.306 e. The maximum absolute atomic E-state index is 12.1. The van der Waals surface area contributed by atoms with Gasteiger partial charge in [-0.2, -0.15) is 23.0 Å². The Morgan fingerprint density at radius 1 is 1.22 bits per heavy atom. The average molecular weight is 428 g/mol. The molecule has 1 aromatic carbocycles. The van der Waals surface area contributed by atoms with Gasteiger partial charge in [-0.1, -0.05) is 12.1 Å². The van der Waals surface area contributed by atoms with Gasteiger partial charge in [0.1, 0.15) is 17.4 Å². The number of nitrogens with zero attached hydrogens (tertiary/aromatic N) is 3. The van der Waals surface area contributed by atoms with Gasteiger partial charge in [-0.25, -0.2) is 8.42 Å². The van der Waals surface area contributed by atoms with Gasteiger partial charge in [0.15, 0.2) is 0 Å². The van der Waals surface area contributed by atoms with E-state index >= 15 is 0 Å². The number of amides is 1. The molecule has 0 unspecified atom stereocenters. The minimum atomic E-state index is -3.66. The number of carbonyl (C=O) groups is 1. The second-order valence-electron chi connectivity index (χ2n) is 5.13. The Kier molecular flexibility index (Phi) is 5.94. The predicted octanol–water partition coefficient (Wildman–Crippen LogP) is 0.826. The minimum absolute atomic E-state index is 0.0709. The van der Waals surface area contributed by atoms with E-state index in [1.165, 1.54) is 30.3 Å². The van der Waals surface area contributed by atoms with Crippen LogP contribution in [0.3, 0.4) is 0 Å². The fourth-order valence-electron chi connectivity index (χ4n) is 1.69. The number of nitrogens with one attached hydrogen (secondary N) is 1. The zero-order valence-corrected chi connectivity index (χ0v) is 16.4. The van der Waals surface area contributed by atoms with Gasteiger partial charge in [0, 0.05) is 17.8 Å². The van der Waals surface area contributed by atoms with Gasteiger partial charge >= 0.3 is 10.1 Å². The highest BCUT2D eigenvalue weighted by Crippen LogP contribution is 2.18. The van der Waals surface area contributed by atoms with Gasteiger partial charge in [0.25, 0.3) is 11.1 Å². The van der Waals surface area contributed by atoms with Gasteiger partial charge in [0.05, 0.1) is 6.26 Å². The molecule has 0 saturated heterocycles. The number of nitriles is 1. The third kappa shape index (κ3) is 6.13.